The van der Waals surface area contributed by atoms with E-state index in [1.165, 1.54) is 11.5 Å². The van der Waals surface area contributed by atoms with Crippen molar-refractivity contribution in [3.8, 4) is 0 Å². The minimum atomic E-state index is -0.806. The van der Waals surface area contributed by atoms with Crippen LogP contribution in [-0.2, 0) is 4.79 Å². The summed E-state index contributed by atoms with van der Waals surface area (Å²) in [6.45, 7) is 4.03. The van der Waals surface area contributed by atoms with E-state index in [-0.39, 0.29) is 12.5 Å². The summed E-state index contributed by atoms with van der Waals surface area (Å²) >= 11 is 1.97. The van der Waals surface area contributed by atoms with Crippen LogP contribution in [-0.4, -0.2) is 61.1 Å². The van der Waals surface area contributed by atoms with E-state index in [4.69, 9.17) is 5.73 Å². The van der Waals surface area contributed by atoms with Crippen molar-refractivity contribution in [3.05, 3.63) is 0 Å². The van der Waals surface area contributed by atoms with Crippen LogP contribution in [0.1, 0.15) is 0 Å². The fourth-order valence-electron chi connectivity index (χ4n) is 1.45. The van der Waals surface area contributed by atoms with Crippen molar-refractivity contribution in [2.75, 3.05) is 44.2 Å². The van der Waals surface area contributed by atoms with E-state index >= 15 is 0 Å². The SMILES string of the molecule is NC(=O)NC(=O)CNCCN1CCSCC1. The Morgan fingerprint density at radius 1 is 1.31 bits per heavy atom. The first kappa shape index (κ1) is 13.3. The third-order valence-corrected chi connectivity index (χ3v) is 3.20. The second kappa shape index (κ2) is 7.48. The molecule has 16 heavy (non-hydrogen) atoms. The van der Waals surface area contributed by atoms with Gasteiger partial charge in [0.05, 0.1) is 6.54 Å². The Balaban J connectivity index is 1.98. The second-order valence-electron chi connectivity index (χ2n) is 3.54. The van der Waals surface area contributed by atoms with Crippen molar-refractivity contribution < 1.29 is 9.59 Å². The molecule has 0 aromatic carbocycles. The van der Waals surface area contributed by atoms with E-state index in [2.05, 4.69) is 10.2 Å². The molecule has 0 unspecified atom stereocenters. The van der Waals surface area contributed by atoms with Gasteiger partial charge in [0.1, 0.15) is 0 Å². The number of urea groups is 1. The molecule has 1 saturated heterocycles. The van der Waals surface area contributed by atoms with E-state index in [0.29, 0.717) is 0 Å². The summed E-state index contributed by atoms with van der Waals surface area (Å²) in [5.41, 5.74) is 4.81. The summed E-state index contributed by atoms with van der Waals surface area (Å²) in [6.07, 6.45) is 0. The average Bonchev–Trinajstić information content (AvgIpc) is 2.25. The number of thioether (sulfide) groups is 1. The van der Waals surface area contributed by atoms with Crippen molar-refractivity contribution in [2.24, 2.45) is 5.73 Å². The maximum absolute atomic E-state index is 11.0. The number of carbonyl (C=O) groups excluding carboxylic acids is 2. The number of nitrogens with zero attached hydrogens (tertiary/aromatic N) is 1. The molecule has 1 heterocycles. The number of amides is 3. The molecule has 0 aromatic rings. The standard InChI is InChI=1S/C9H18N4O2S/c10-9(15)12-8(14)7-11-1-2-13-3-5-16-6-4-13/h11H,1-7H2,(H3,10,12,14,15). The Bertz CT molecular complexity index is 244. The van der Waals surface area contributed by atoms with Gasteiger partial charge in [0.25, 0.3) is 0 Å². The van der Waals surface area contributed by atoms with Crippen LogP contribution in [0.3, 0.4) is 0 Å². The molecular weight excluding hydrogens is 228 g/mol. The van der Waals surface area contributed by atoms with Crippen LogP contribution >= 0.6 is 11.8 Å². The van der Waals surface area contributed by atoms with Gasteiger partial charge in [0, 0.05) is 37.7 Å². The molecule has 92 valence electrons. The van der Waals surface area contributed by atoms with Gasteiger partial charge in [0.15, 0.2) is 0 Å². The minimum absolute atomic E-state index is 0.130. The Labute approximate surface area is 99.3 Å². The molecule has 6 nitrogen and oxygen atoms in total. The smallest absolute Gasteiger partial charge is 0.318 e. The van der Waals surface area contributed by atoms with Gasteiger partial charge in [0.2, 0.25) is 5.91 Å². The lowest BCUT2D eigenvalue weighted by atomic mass is 10.4. The third-order valence-electron chi connectivity index (χ3n) is 2.26. The summed E-state index contributed by atoms with van der Waals surface area (Å²) in [5, 5.41) is 4.97. The molecule has 0 aromatic heterocycles. The fraction of sp³-hybridized carbons (Fsp3) is 0.778. The van der Waals surface area contributed by atoms with Crippen molar-refractivity contribution in [1.29, 1.82) is 0 Å². The molecule has 1 aliphatic heterocycles. The van der Waals surface area contributed by atoms with Crippen LogP contribution in [0, 0.1) is 0 Å². The second-order valence-corrected chi connectivity index (χ2v) is 4.77. The predicted octanol–water partition coefficient (Wildman–Crippen LogP) is -1.18. The van der Waals surface area contributed by atoms with Crippen LogP contribution < -0.4 is 16.4 Å². The van der Waals surface area contributed by atoms with Gasteiger partial charge in [-0.05, 0) is 0 Å². The van der Waals surface area contributed by atoms with Crippen molar-refractivity contribution in [2.45, 2.75) is 0 Å². The number of nitrogens with one attached hydrogen (secondary N) is 2. The first-order valence-electron chi connectivity index (χ1n) is 5.28. The van der Waals surface area contributed by atoms with Gasteiger partial charge in [-0.2, -0.15) is 11.8 Å². The molecule has 0 spiro atoms. The molecule has 7 heteroatoms. The Kier molecular flexibility index (Phi) is 6.20. The van der Waals surface area contributed by atoms with Gasteiger partial charge >= 0.3 is 6.03 Å². The molecule has 0 bridgehead atoms. The van der Waals surface area contributed by atoms with Gasteiger partial charge in [-0.25, -0.2) is 4.79 Å². The molecular formula is C9H18N4O2S. The number of primary amides is 1. The molecule has 0 radical (unpaired) electrons. The predicted molar refractivity (Wildman–Crippen MR) is 64.4 cm³/mol. The summed E-state index contributed by atoms with van der Waals surface area (Å²) in [6, 6.07) is -0.806. The Morgan fingerprint density at radius 2 is 2.00 bits per heavy atom. The molecule has 1 rings (SSSR count). The van der Waals surface area contributed by atoms with Crippen molar-refractivity contribution in [1.82, 2.24) is 15.5 Å². The maximum atomic E-state index is 11.0. The normalized spacial score (nSPS) is 17.0. The molecule has 0 aliphatic carbocycles. The zero-order valence-corrected chi connectivity index (χ0v) is 10.0. The van der Waals surface area contributed by atoms with E-state index in [9.17, 15) is 9.59 Å². The van der Waals surface area contributed by atoms with Gasteiger partial charge in [-0.15, -0.1) is 0 Å². The lowest BCUT2D eigenvalue weighted by Gasteiger charge is -2.25. The summed E-state index contributed by atoms with van der Waals surface area (Å²) in [7, 11) is 0. The number of rotatable bonds is 5. The summed E-state index contributed by atoms with van der Waals surface area (Å²) < 4.78 is 0. The highest BCUT2D eigenvalue weighted by Gasteiger charge is 2.09. The molecule has 1 fully saturated rings. The van der Waals surface area contributed by atoms with Crippen LogP contribution in [0.5, 0.6) is 0 Å². The highest BCUT2D eigenvalue weighted by atomic mass is 32.2. The lowest BCUT2D eigenvalue weighted by molar-refractivity contribution is -0.119. The molecule has 3 amide bonds. The van der Waals surface area contributed by atoms with Crippen molar-refractivity contribution in [3.63, 3.8) is 0 Å². The molecule has 4 N–H and O–H groups in total. The quantitative estimate of drug-likeness (QED) is 0.532. The monoisotopic (exact) mass is 246 g/mol. The average molecular weight is 246 g/mol. The Hall–Kier alpha value is -0.790. The number of hydrogen-bond donors (Lipinski definition) is 3. The van der Waals surface area contributed by atoms with Crippen LogP contribution in [0.4, 0.5) is 4.79 Å². The van der Waals surface area contributed by atoms with E-state index in [1.54, 1.807) is 0 Å². The highest BCUT2D eigenvalue weighted by molar-refractivity contribution is 7.99. The number of carbonyl (C=O) groups is 2. The zero-order chi connectivity index (χ0) is 11.8. The first-order chi connectivity index (χ1) is 7.68. The van der Waals surface area contributed by atoms with Crippen molar-refractivity contribution >= 4 is 23.7 Å². The molecule has 0 saturated carbocycles. The fourth-order valence-corrected chi connectivity index (χ4v) is 2.42. The topological polar surface area (TPSA) is 87.5 Å². The summed E-state index contributed by atoms with van der Waals surface area (Å²) in [5.74, 6) is 1.98. The molecule has 0 atom stereocenters. The Morgan fingerprint density at radius 3 is 2.62 bits per heavy atom. The van der Waals surface area contributed by atoms with Gasteiger partial charge < -0.3 is 16.0 Å². The van der Waals surface area contributed by atoms with Gasteiger partial charge in [-0.3, -0.25) is 10.1 Å². The van der Waals surface area contributed by atoms with E-state index in [0.717, 1.165) is 26.2 Å². The van der Waals surface area contributed by atoms with Crippen LogP contribution in [0.15, 0.2) is 0 Å². The zero-order valence-electron chi connectivity index (χ0n) is 9.20. The largest absolute Gasteiger partial charge is 0.351 e. The third kappa shape index (κ3) is 5.94. The number of hydrogen-bond acceptors (Lipinski definition) is 5. The van der Waals surface area contributed by atoms with E-state index < -0.39 is 6.03 Å². The van der Waals surface area contributed by atoms with E-state index in [1.807, 2.05) is 17.1 Å². The number of nitrogens with two attached hydrogens (primary N) is 1. The number of imide groups is 1. The molecule has 1 aliphatic rings. The van der Waals surface area contributed by atoms with Gasteiger partial charge in [-0.1, -0.05) is 0 Å². The lowest BCUT2D eigenvalue weighted by Crippen LogP contribution is -2.43. The maximum Gasteiger partial charge on any atom is 0.318 e. The highest BCUT2D eigenvalue weighted by Crippen LogP contribution is 2.07. The summed E-state index contributed by atoms with van der Waals surface area (Å²) in [4.78, 5) is 23.7. The van der Waals surface area contributed by atoms with Crippen LogP contribution in [0.2, 0.25) is 0 Å². The van der Waals surface area contributed by atoms with Crippen LogP contribution in [0.25, 0.3) is 0 Å². The first-order valence-corrected chi connectivity index (χ1v) is 6.44. The minimum Gasteiger partial charge on any atom is -0.351 e.